The van der Waals surface area contributed by atoms with Crippen LogP contribution >= 0.6 is 7.60 Å². The first-order valence-corrected chi connectivity index (χ1v) is 7.60. The van der Waals surface area contributed by atoms with E-state index in [1.165, 1.54) is 0 Å². The molecule has 0 saturated heterocycles. The van der Waals surface area contributed by atoms with Crippen LogP contribution < -0.4 is 0 Å². The molecule has 0 atom stereocenters. The van der Waals surface area contributed by atoms with Crippen molar-refractivity contribution < 1.29 is 19.5 Å². The summed E-state index contributed by atoms with van der Waals surface area (Å²) < 4.78 is 11.3. The third-order valence-electron chi connectivity index (χ3n) is 3.18. The van der Waals surface area contributed by atoms with Crippen LogP contribution in [0.2, 0.25) is 0 Å². The Morgan fingerprint density at radius 1 is 1.17 bits per heavy atom. The Kier molecular flexibility index (Phi) is 3.97. The molecule has 0 bridgehead atoms. The van der Waals surface area contributed by atoms with Gasteiger partial charge < -0.3 is 14.9 Å². The zero-order chi connectivity index (χ0) is 14.3. The van der Waals surface area contributed by atoms with Gasteiger partial charge in [-0.25, -0.2) is 0 Å². The monoisotopic (exact) mass is 272 g/mol. The Hall–Kier alpha value is -0.830. The van der Waals surface area contributed by atoms with Crippen LogP contribution in [-0.2, 0) is 16.1 Å². The minimum Gasteiger partial charge on any atom is -0.508 e. The van der Waals surface area contributed by atoms with Gasteiger partial charge in [-0.3, -0.25) is 4.57 Å². The maximum Gasteiger partial charge on any atom is 0.329 e. The number of hydrogen-bond donors (Lipinski definition) is 3. The first-order chi connectivity index (χ1) is 7.93. The lowest BCUT2D eigenvalue weighted by molar-refractivity contribution is 0.371. The third-order valence-corrected chi connectivity index (χ3v) is 3.91. The number of benzene rings is 1. The maximum atomic E-state index is 11.3. The lowest BCUT2D eigenvalue weighted by Crippen LogP contribution is -2.16. The Labute approximate surface area is 108 Å². The first kappa shape index (κ1) is 15.2. The molecule has 0 heterocycles. The quantitative estimate of drug-likeness (QED) is 0.723. The average molecular weight is 272 g/mol. The van der Waals surface area contributed by atoms with Crippen LogP contribution in [0, 0.1) is 13.8 Å². The van der Waals surface area contributed by atoms with Gasteiger partial charge in [0.05, 0.1) is 6.16 Å². The predicted molar refractivity (Wildman–Crippen MR) is 72.0 cm³/mol. The van der Waals surface area contributed by atoms with Crippen molar-refractivity contribution in [2.45, 2.75) is 46.2 Å². The Morgan fingerprint density at radius 3 is 2.06 bits per heavy atom. The molecule has 0 aromatic heterocycles. The van der Waals surface area contributed by atoms with Crippen LogP contribution in [0.5, 0.6) is 5.75 Å². The molecule has 102 valence electrons. The summed E-state index contributed by atoms with van der Waals surface area (Å²) in [6.07, 6.45) is -0.285. The highest BCUT2D eigenvalue weighted by atomic mass is 31.2. The fourth-order valence-electron chi connectivity index (χ4n) is 2.03. The second-order valence-corrected chi connectivity index (χ2v) is 7.39. The van der Waals surface area contributed by atoms with E-state index in [-0.39, 0.29) is 17.3 Å². The number of aromatic hydroxyl groups is 1. The Morgan fingerprint density at radius 2 is 1.67 bits per heavy atom. The van der Waals surface area contributed by atoms with Crippen molar-refractivity contribution in [3.8, 4) is 5.75 Å². The molecule has 1 aromatic carbocycles. The van der Waals surface area contributed by atoms with E-state index in [1.54, 1.807) is 19.9 Å². The number of hydrogen-bond acceptors (Lipinski definition) is 2. The smallest absolute Gasteiger partial charge is 0.329 e. The van der Waals surface area contributed by atoms with E-state index >= 15 is 0 Å². The van der Waals surface area contributed by atoms with Gasteiger partial charge in [-0.15, -0.1) is 0 Å². The second-order valence-electron chi connectivity index (χ2n) is 5.74. The second kappa shape index (κ2) is 4.69. The molecule has 0 radical (unpaired) electrons. The average Bonchev–Trinajstić information content (AvgIpc) is 2.15. The SMILES string of the molecule is Cc1c(O)cc(C(C)(C)C)c(CP(=O)(O)O)c1C. The number of rotatable bonds is 2. The van der Waals surface area contributed by atoms with Crippen molar-refractivity contribution in [3.05, 3.63) is 28.3 Å². The van der Waals surface area contributed by atoms with E-state index in [4.69, 9.17) is 0 Å². The highest BCUT2D eigenvalue weighted by Gasteiger charge is 2.26. The lowest BCUT2D eigenvalue weighted by Gasteiger charge is -2.26. The highest BCUT2D eigenvalue weighted by molar-refractivity contribution is 7.50. The van der Waals surface area contributed by atoms with Gasteiger partial charge in [0.2, 0.25) is 0 Å². The van der Waals surface area contributed by atoms with Gasteiger partial charge in [-0.2, -0.15) is 0 Å². The van der Waals surface area contributed by atoms with Gasteiger partial charge in [0.25, 0.3) is 0 Å². The molecular weight excluding hydrogens is 251 g/mol. The zero-order valence-electron chi connectivity index (χ0n) is 11.5. The molecule has 0 fully saturated rings. The molecule has 3 N–H and O–H groups in total. The summed E-state index contributed by atoms with van der Waals surface area (Å²) in [6.45, 7) is 9.41. The van der Waals surface area contributed by atoms with Crippen LogP contribution in [0.3, 0.4) is 0 Å². The normalized spacial score (nSPS) is 12.8. The molecular formula is C13H21O4P. The molecule has 1 rings (SSSR count). The fourth-order valence-corrected chi connectivity index (χ4v) is 2.85. The minimum absolute atomic E-state index is 0.173. The van der Waals surface area contributed by atoms with Crippen molar-refractivity contribution in [2.75, 3.05) is 0 Å². The van der Waals surface area contributed by atoms with Crippen LogP contribution in [0.15, 0.2) is 6.07 Å². The molecule has 1 aromatic rings. The van der Waals surface area contributed by atoms with Crippen molar-refractivity contribution >= 4 is 7.60 Å². The maximum absolute atomic E-state index is 11.3. The lowest BCUT2D eigenvalue weighted by atomic mass is 9.81. The van der Waals surface area contributed by atoms with Gasteiger partial charge in [0.15, 0.2) is 0 Å². The van der Waals surface area contributed by atoms with Crippen LogP contribution in [0.25, 0.3) is 0 Å². The fraction of sp³-hybridized carbons (Fsp3) is 0.538. The van der Waals surface area contributed by atoms with Crippen LogP contribution in [-0.4, -0.2) is 14.9 Å². The summed E-state index contributed by atoms with van der Waals surface area (Å²) in [5, 5.41) is 9.87. The number of phenolic OH excluding ortho intramolecular Hbond substituents is 1. The van der Waals surface area contributed by atoms with E-state index in [0.29, 0.717) is 11.1 Å². The minimum atomic E-state index is -4.13. The molecule has 0 saturated carbocycles. The number of phenols is 1. The summed E-state index contributed by atoms with van der Waals surface area (Å²) in [7, 11) is -4.13. The van der Waals surface area contributed by atoms with Gasteiger partial charge >= 0.3 is 7.60 Å². The standard InChI is InChI=1S/C13H21O4P/c1-8-9(2)12(14)6-11(13(3,4)5)10(8)7-18(15,16)17/h6,14H,7H2,1-5H3,(H2,15,16,17). The molecule has 18 heavy (non-hydrogen) atoms. The Balaban J connectivity index is 3.55. The van der Waals surface area contributed by atoms with Crippen molar-refractivity contribution in [2.24, 2.45) is 0 Å². The zero-order valence-corrected chi connectivity index (χ0v) is 12.4. The Bertz CT molecular complexity index is 509. The van der Waals surface area contributed by atoms with Gasteiger partial charge in [-0.1, -0.05) is 20.8 Å². The summed E-state index contributed by atoms with van der Waals surface area (Å²) >= 11 is 0. The predicted octanol–water partition coefficient (Wildman–Crippen LogP) is 2.98. The molecule has 0 unspecified atom stereocenters. The summed E-state index contributed by atoms with van der Waals surface area (Å²) in [5.41, 5.74) is 2.58. The van der Waals surface area contributed by atoms with Crippen LogP contribution in [0.4, 0.5) is 0 Å². The first-order valence-electron chi connectivity index (χ1n) is 5.80. The van der Waals surface area contributed by atoms with Crippen molar-refractivity contribution in [1.82, 2.24) is 0 Å². The molecule has 0 aliphatic rings. The molecule has 0 aliphatic heterocycles. The van der Waals surface area contributed by atoms with Gasteiger partial charge in [0.1, 0.15) is 5.75 Å². The van der Waals surface area contributed by atoms with E-state index in [2.05, 4.69) is 0 Å². The van der Waals surface area contributed by atoms with E-state index in [0.717, 1.165) is 11.1 Å². The van der Waals surface area contributed by atoms with Crippen molar-refractivity contribution in [3.63, 3.8) is 0 Å². The van der Waals surface area contributed by atoms with E-state index < -0.39 is 7.60 Å². The third kappa shape index (κ3) is 3.35. The molecule has 4 nitrogen and oxygen atoms in total. The largest absolute Gasteiger partial charge is 0.508 e. The molecule has 0 aliphatic carbocycles. The summed E-state index contributed by atoms with van der Waals surface area (Å²) in [5.74, 6) is 0.173. The van der Waals surface area contributed by atoms with Gasteiger partial charge in [-0.05, 0) is 47.6 Å². The van der Waals surface area contributed by atoms with E-state index in [1.807, 2.05) is 20.8 Å². The van der Waals surface area contributed by atoms with Gasteiger partial charge in [0, 0.05) is 0 Å². The molecule has 0 spiro atoms. The van der Waals surface area contributed by atoms with Crippen LogP contribution in [0.1, 0.15) is 43.0 Å². The highest BCUT2D eigenvalue weighted by Crippen LogP contribution is 2.44. The van der Waals surface area contributed by atoms with E-state index in [9.17, 15) is 19.5 Å². The topological polar surface area (TPSA) is 77.8 Å². The molecule has 0 amide bonds. The van der Waals surface area contributed by atoms with Crippen molar-refractivity contribution in [1.29, 1.82) is 0 Å². The summed E-state index contributed by atoms with van der Waals surface area (Å²) in [4.78, 5) is 18.4. The summed E-state index contributed by atoms with van der Waals surface area (Å²) in [6, 6.07) is 1.62. The molecule has 5 heteroatoms.